The Kier molecular flexibility index (Phi) is 9.19. The van der Waals surface area contributed by atoms with Gasteiger partial charge in [0.2, 0.25) is 0 Å². The molecule has 5 heteroatoms. The molecule has 0 aromatic heterocycles. The average Bonchev–Trinajstić information content (AvgIpc) is 2.27. The molecule has 17 heavy (non-hydrogen) atoms. The fourth-order valence-corrected chi connectivity index (χ4v) is 1.63. The van der Waals surface area contributed by atoms with Crippen molar-refractivity contribution < 1.29 is 9.53 Å². The first-order chi connectivity index (χ1) is 8.11. The van der Waals surface area contributed by atoms with Crippen molar-refractivity contribution in [2.75, 3.05) is 6.61 Å². The molecule has 100 valence electrons. The number of rotatable bonds is 9. The van der Waals surface area contributed by atoms with Crippen molar-refractivity contribution in [3.63, 3.8) is 0 Å². The highest BCUT2D eigenvalue weighted by molar-refractivity contribution is 5.83. The maximum Gasteiger partial charge on any atom is 0.328 e. The number of hydrogen-bond donors (Lipinski definition) is 3. The van der Waals surface area contributed by atoms with Crippen LogP contribution in [0.2, 0.25) is 0 Å². The predicted molar refractivity (Wildman–Crippen MR) is 68.8 cm³/mol. The molecule has 0 aromatic rings. The minimum Gasteiger partial charge on any atom is -0.464 e. The number of nitrogens with two attached hydrogens (primary N) is 1. The lowest BCUT2D eigenvalue weighted by molar-refractivity contribution is -0.145. The highest BCUT2D eigenvalue weighted by Gasteiger charge is 2.19. The van der Waals surface area contributed by atoms with Gasteiger partial charge in [0.1, 0.15) is 6.04 Å². The highest BCUT2D eigenvalue weighted by atomic mass is 16.5. The zero-order chi connectivity index (χ0) is 13.1. The van der Waals surface area contributed by atoms with Gasteiger partial charge < -0.3 is 15.8 Å². The van der Waals surface area contributed by atoms with E-state index in [9.17, 15) is 4.79 Å². The summed E-state index contributed by atoms with van der Waals surface area (Å²) in [6, 6.07) is -0.478. The molecule has 0 saturated heterocycles. The summed E-state index contributed by atoms with van der Waals surface area (Å²) < 4.78 is 4.93. The van der Waals surface area contributed by atoms with Crippen LogP contribution in [0.4, 0.5) is 0 Å². The van der Waals surface area contributed by atoms with E-state index in [1.54, 1.807) is 6.92 Å². The van der Waals surface area contributed by atoms with Crippen LogP contribution in [0, 0.1) is 5.41 Å². The molecule has 5 nitrogen and oxygen atoms in total. The summed E-state index contributed by atoms with van der Waals surface area (Å²) in [5.41, 5.74) is 5.24. The average molecular weight is 243 g/mol. The molecule has 0 rings (SSSR count). The molecule has 0 aliphatic rings. The summed E-state index contributed by atoms with van der Waals surface area (Å²) in [5.74, 6) is -0.505. The number of guanidine groups is 1. The molecular weight excluding hydrogens is 218 g/mol. The van der Waals surface area contributed by atoms with Crippen LogP contribution in [0.15, 0.2) is 0 Å². The minimum atomic E-state index is -0.478. The zero-order valence-electron chi connectivity index (χ0n) is 10.9. The monoisotopic (exact) mass is 243 g/mol. The minimum absolute atomic E-state index is 0.184. The Balaban J connectivity index is 3.93. The van der Waals surface area contributed by atoms with Crippen molar-refractivity contribution in [1.29, 1.82) is 5.41 Å². The molecule has 0 fully saturated rings. The van der Waals surface area contributed by atoms with Crippen molar-refractivity contribution in [3.8, 4) is 0 Å². The van der Waals surface area contributed by atoms with Gasteiger partial charge in [0.05, 0.1) is 6.61 Å². The van der Waals surface area contributed by atoms with Crippen LogP contribution in [-0.4, -0.2) is 24.6 Å². The summed E-state index contributed by atoms with van der Waals surface area (Å²) in [7, 11) is 0. The maximum absolute atomic E-state index is 11.6. The number of esters is 1. The van der Waals surface area contributed by atoms with E-state index in [2.05, 4.69) is 12.2 Å². The number of nitrogens with one attached hydrogen (secondary N) is 2. The Morgan fingerprint density at radius 1 is 1.29 bits per heavy atom. The normalized spacial score (nSPS) is 11.9. The van der Waals surface area contributed by atoms with Gasteiger partial charge in [-0.2, -0.15) is 0 Å². The van der Waals surface area contributed by atoms with Gasteiger partial charge in [0, 0.05) is 0 Å². The molecule has 1 atom stereocenters. The SMILES string of the molecule is CCCCCCCC(NC(=N)N)C(=O)OCC. The molecular formula is C12H25N3O2. The van der Waals surface area contributed by atoms with Crippen molar-refractivity contribution >= 4 is 11.9 Å². The van der Waals surface area contributed by atoms with Crippen molar-refractivity contribution in [2.24, 2.45) is 5.73 Å². The summed E-state index contributed by atoms with van der Waals surface area (Å²) in [4.78, 5) is 11.6. The molecule has 0 aromatic carbocycles. The number of unbranched alkanes of at least 4 members (excludes halogenated alkanes) is 4. The van der Waals surface area contributed by atoms with Gasteiger partial charge in [-0.05, 0) is 13.3 Å². The molecule has 0 amide bonds. The van der Waals surface area contributed by atoms with Gasteiger partial charge in [-0.1, -0.05) is 39.0 Å². The van der Waals surface area contributed by atoms with Crippen LogP contribution in [-0.2, 0) is 9.53 Å². The first-order valence-corrected chi connectivity index (χ1v) is 6.39. The molecule has 0 aliphatic carbocycles. The first-order valence-electron chi connectivity index (χ1n) is 6.39. The Morgan fingerprint density at radius 3 is 2.47 bits per heavy atom. The van der Waals surface area contributed by atoms with Gasteiger partial charge in [-0.15, -0.1) is 0 Å². The number of ether oxygens (including phenoxy) is 1. The second-order valence-corrected chi connectivity index (χ2v) is 4.07. The van der Waals surface area contributed by atoms with Crippen molar-refractivity contribution in [1.82, 2.24) is 5.32 Å². The van der Waals surface area contributed by atoms with Crippen LogP contribution >= 0.6 is 0 Å². The molecule has 0 radical (unpaired) electrons. The second kappa shape index (κ2) is 9.93. The lowest BCUT2D eigenvalue weighted by atomic mass is 10.1. The lowest BCUT2D eigenvalue weighted by Crippen LogP contribution is -2.44. The topological polar surface area (TPSA) is 88.2 Å². The van der Waals surface area contributed by atoms with Crippen LogP contribution < -0.4 is 11.1 Å². The Hall–Kier alpha value is -1.26. The third-order valence-electron chi connectivity index (χ3n) is 2.50. The standard InChI is InChI=1S/C12H25N3O2/c1-3-5-6-7-8-9-10(15-12(13)14)11(16)17-4-2/h10H,3-9H2,1-2H3,(H4,13,14,15). The molecule has 4 N–H and O–H groups in total. The van der Waals surface area contributed by atoms with E-state index >= 15 is 0 Å². The molecule has 0 saturated carbocycles. The largest absolute Gasteiger partial charge is 0.464 e. The lowest BCUT2D eigenvalue weighted by Gasteiger charge is -2.16. The van der Waals surface area contributed by atoms with E-state index in [0.29, 0.717) is 13.0 Å². The summed E-state index contributed by atoms with van der Waals surface area (Å²) in [5, 5.41) is 9.80. The van der Waals surface area contributed by atoms with Crippen molar-refractivity contribution in [2.45, 2.75) is 58.4 Å². The van der Waals surface area contributed by atoms with Crippen molar-refractivity contribution in [3.05, 3.63) is 0 Å². The number of carbonyl (C=O) groups is 1. The van der Waals surface area contributed by atoms with Gasteiger partial charge in [0.15, 0.2) is 5.96 Å². The van der Waals surface area contributed by atoms with E-state index < -0.39 is 6.04 Å². The highest BCUT2D eigenvalue weighted by Crippen LogP contribution is 2.08. The van der Waals surface area contributed by atoms with E-state index in [-0.39, 0.29) is 11.9 Å². The van der Waals surface area contributed by atoms with E-state index in [4.69, 9.17) is 15.9 Å². The second-order valence-electron chi connectivity index (χ2n) is 4.07. The molecule has 0 aliphatic heterocycles. The maximum atomic E-state index is 11.6. The predicted octanol–water partition coefficient (Wildman–Crippen LogP) is 1.76. The zero-order valence-corrected chi connectivity index (χ0v) is 10.9. The Bertz CT molecular complexity index is 232. The molecule has 0 spiro atoms. The molecule has 0 heterocycles. The molecule has 0 bridgehead atoms. The summed E-state index contributed by atoms with van der Waals surface area (Å²) in [6.07, 6.45) is 6.33. The van der Waals surface area contributed by atoms with E-state index in [0.717, 1.165) is 12.8 Å². The third kappa shape index (κ3) is 8.54. The quantitative estimate of drug-likeness (QED) is 0.249. The van der Waals surface area contributed by atoms with E-state index in [1.165, 1.54) is 19.3 Å². The first kappa shape index (κ1) is 15.7. The fourth-order valence-electron chi connectivity index (χ4n) is 1.63. The van der Waals surface area contributed by atoms with Crippen LogP contribution in [0.1, 0.15) is 52.4 Å². The van der Waals surface area contributed by atoms with Gasteiger partial charge in [-0.3, -0.25) is 5.41 Å². The van der Waals surface area contributed by atoms with Gasteiger partial charge in [0.25, 0.3) is 0 Å². The van der Waals surface area contributed by atoms with Gasteiger partial charge >= 0.3 is 5.97 Å². The number of carbonyl (C=O) groups excluding carboxylic acids is 1. The molecule has 1 unspecified atom stereocenters. The summed E-state index contributed by atoms with van der Waals surface area (Å²) >= 11 is 0. The smallest absolute Gasteiger partial charge is 0.328 e. The summed E-state index contributed by atoms with van der Waals surface area (Å²) in [6.45, 7) is 4.29. The number of hydrogen-bond acceptors (Lipinski definition) is 3. The van der Waals surface area contributed by atoms with Crippen LogP contribution in [0.5, 0.6) is 0 Å². The Labute approximate surface area is 104 Å². The van der Waals surface area contributed by atoms with Gasteiger partial charge in [-0.25, -0.2) is 4.79 Å². The third-order valence-corrected chi connectivity index (χ3v) is 2.50. The fraction of sp³-hybridized carbons (Fsp3) is 0.833. The van der Waals surface area contributed by atoms with E-state index in [1.807, 2.05) is 0 Å². The van der Waals surface area contributed by atoms with Crippen LogP contribution in [0.25, 0.3) is 0 Å². The Morgan fingerprint density at radius 2 is 1.94 bits per heavy atom. The van der Waals surface area contributed by atoms with Crippen LogP contribution in [0.3, 0.4) is 0 Å².